The molecule has 0 saturated carbocycles. The summed E-state index contributed by atoms with van der Waals surface area (Å²) in [7, 11) is 0. The summed E-state index contributed by atoms with van der Waals surface area (Å²) in [6.07, 6.45) is 0. The number of nitrogens with zero attached hydrogens (tertiary/aromatic N) is 2. The van der Waals surface area contributed by atoms with E-state index in [2.05, 4.69) is 14.7 Å². The summed E-state index contributed by atoms with van der Waals surface area (Å²) < 4.78 is 4.34. The number of carbonyl (C=O) groups is 1. The third-order valence-electron chi connectivity index (χ3n) is 3.11. The Hall–Kier alpha value is -2.73. The Labute approximate surface area is 132 Å². The van der Waals surface area contributed by atoms with E-state index in [9.17, 15) is 4.79 Å². The first kappa shape index (κ1) is 14.2. The molecule has 2 aromatic carbocycles. The summed E-state index contributed by atoms with van der Waals surface area (Å²) >= 11 is 1.31. The van der Waals surface area contributed by atoms with Gasteiger partial charge in [-0.1, -0.05) is 42.5 Å². The summed E-state index contributed by atoms with van der Waals surface area (Å²) in [5, 5.41) is 3.95. The molecule has 0 atom stereocenters. The van der Waals surface area contributed by atoms with Gasteiger partial charge in [0.05, 0.1) is 0 Å². The maximum Gasteiger partial charge on any atom is 0.248 e. The third kappa shape index (κ3) is 3.29. The highest BCUT2D eigenvalue weighted by Crippen LogP contribution is 2.21. The third-order valence-corrected chi connectivity index (χ3v) is 3.79. The summed E-state index contributed by atoms with van der Waals surface area (Å²) in [6, 6.07) is 17.0. The second kappa shape index (κ2) is 6.36. The lowest BCUT2D eigenvalue weighted by molar-refractivity contribution is 0.1000. The Morgan fingerprint density at radius 3 is 2.73 bits per heavy atom. The van der Waals surface area contributed by atoms with Gasteiger partial charge in [0.1, 0.15) is 0 Å². The van der Waals surface area contributed by atoms with E-state index in [1.165, 1.54) is 11.5 Å². The molecule has 0 unspecified atom stereocenters. The fourth-order valence-electron chi connectivity index (χ4n) is 2.01. The van der Waals surface area contributed by atoms with Crippen molar-refractivity contribution in [2.24, 2.45) is 5.73 Å². The van der Waals surface area contributed by atoms with Crippen LogP contribution >= 0.6 is 11.5 Å². The van der Waals surface area contributed by atoms with Crippen molar-refractivity contribution in [3.8, 4) is 11.4 Å². The monoisotopic (exact) mass is 310 g/mol. The number of hydrogen-bond donors (Lipinski definition) is 2. The van der Waals surface area contributed by atoms with Crippen LogP contribution in [0.4, 0.5) is 5.13 Å². The molecule has 0 aliphatic heterocycles. The molecule has 110 valence electrons. The predicted molar refractivity (Wildman–Crippen MR) is 87.6 cm³/mol. The number of amides is 1. The molecule has 0 bridgehead atoms. The number of carbonyl (C=O) groups excluding carboxylic acids is 1. The molecule has 0 aliphatic rings. The van der Waals surface area contributed by atoms with Crippen molar-refractivity contribution in [2.75, 3.05) is 5.32 Å². The van der Waals surface area contributed by atoms with Gasteiger partial charge in [0, 0.05) is 29.2 Å². The molecule has 3 aromatic rings. The van der Waals surface area contributed by atoms with Gasteiger partial charge in [0.25, 0.3) is 0 Å². The van der Waals surface area contributed by atoms with Crippen molar-refractivity contribution in [3.05, 3.63) is 65.7 Å². The van der Waals surface area contributed by atoms with Gasteiger partial charge < -0.3 is 11.1 Å². The maximum absolute atomic E-state index is 11.2. The van der Waals surface area contributed by atoms with E-state index < -0.39 is 5.91 Å². The van der Waals surface area contributed by atoms with E-state index in [0.29, 0.717) is 17.9 Å². The van der Waals surface area contributed by atoms with E-state index in [-0.39, 0.29) is 0 Å². The number of rotatable bonds is 5. The lowest BCUT2D eigenvalue weighted by Gasteiger charge is -2.03. The van der Waals surface area contributed by atoms with Crippen LogP contribution in [0, 0.1) is 0 Å². The van der Waals surface area contributed by atoms with Crippen LogP contribution in [0.25, 0.3) is 11.4 Å². The van der Waals surface area contributed by atoms with Crippen molar-refractivity contribution in [2.45, 2.75) is 6.54 Å². The van der Waals surface area contributed by atoms with Crippen LogP contribution in [0.3, 0.4) is 0 Å². The largest absolute Gasteiger partial charge is 0.366 e. The van der Waals surface area contributed by atoms with Crippen LogP contribution in [0.1, 0.15) is 15.9 Å². The minimum Gasteiger partial charge on any atom is -0.366 e. The van der Waals surface area contributed by atoms with Crippen molar-refractivity contribution >= 4 is 22.6 Å². The SMILES string of the molecule is NC(=O)c1cccc(CNc2nc(-c3ccccc3)ns2)c1. The first-order chi connectivity index (χ1) is 10.7. The van der Waals surface area contributed by atoms with Gasteiger partial charge in [0.15, 0.2) is 5.82 Å². The molecule has 0 fully saturated rings. The highest BCUT2D eigenvalue weighted by Gasteiger charge is 2.06. The lowest BCUT2D eigenvalue weighted by Crippen LogP contribution is -2.11. The summed E-state index contributed by atoms with van der Waals surface area (Å²) in [4.78, 5) is 15.6. The molecule has 0 radical (unpaired) electrons. The molecule has 1 heterocycles. The van der Waals surface area contributed by atoms with Crippen LogP contribution in [0.2, 0.25) is 0 Å². The second-order valence-electron chi connectivity index (χ2n) is 4.71. The number of nitrogens with two attached hydrogens (primary N) is 1. The summed E-state index contributed by atoms with van der Waals surface area (Å²) in [5.41, 5.74) is 7.73. The van der Waals surface area contributed by atoms with E-state index >= 15 is 0 Å². The Morgan fingerprint density at radius 1 is 1.14 bits per heavy atom. The predicted octanol–water partition coefficient (Wildman–Crippen LogP) is 2.92. The molecule has 3 rings (SSSR count). The van der Waals surface area contributed by atoms with Crippen LogP contribution in [0.15, 0.2) is 54.6 Å². The molecular formula is C16H14N4OS. The van der Waals surface area contributed by atoms with Gasteiger partial charge in [-0.15, -0.1) is 0 Å². The fourth-order valence-corrected chi connectivity index (χ4v) is 2.60. The van der Waals surface area contributed by atoms with Gasteiger partial charge in [0.2, 0.25) is 11.0 Å². The highest BCUT2D eigenvalue weighted by molar-refractivity contribution is 7.09. The van der Waals surface area contributed by atoms with Crippen molar-refractivity contribution in [1.82, 2.24) is 9.36 Å². The molecule has 22 heavy (non-hydrogen) atoms. The zero-order valence-electron chi connectivity index (χ0n) is 11.7. The van der Waals surface area contributed by atoms with Crippen LogP contribution in [-0.4, -0.2) is 15.3 Å². The number of anilines is 1. The number of benzene rings is 2. The van der Waals surface area contributed by atoms with Crippen molar-refractivity contribution in [3.63, 3.8) is 0 Å². The molecule has 6 heteroatoms. The highest BCUT2D eigenvalue weighted by atomic mass is 32.1. The molecule has 0 saturated heterocycles. The van der Waals surface area contributed by atoms with Gasteiger partial charge in [-0.3, -0.25) is 4.79 Å². The minimum atomic E-state index is -0.427. The number of primary amides is 1. The Bertz CT molecular complexity index is 786. The molecular weight excluding hydrogens is 296 g/mol. The summed E-state index contributed by atoms with van der Waals surface area (Å²) in [5.74, 6) is 0.281. The normalized spacial score (nSPS) is 10.4. The average Bonchev–Trinajstić information content (AvgIpc) is 3.03. The van der Waals surface area contributed by atoms with Gasteiger partial charge >= 0.3 is 0 Å². The first-order valence-electron chi connectivity index (χ1n) is 6.74. The zero-order chi connectivity index (χ0) is 15.4. The Balaban J connectivity index is 1.69. The van der Waals surface area contributed by atoms with Crippen LogP contribution in [-0.2, 0) is 6.54 Å². The van der Waals surface area contributed by atoms with E-state index in [0.717, 1.165) is 16.3 Å². The lowest BCUT2D eigenvalue weighted by atomic mass is 10.1. The standard InChI is InChI=1S/C16H14N4OS/c17-14(21)13-8-4-5-11(9-13)10-18-16-19-15(20-22-16)12-6-2-1-3-7-12/h1-9H,10H2,(H2,17,21)(H,18,19,20). The number of hydrogen-bond acceptors (Lipinski definition) is 5. The van der Waals surface area contributed by atoms with E-state index in [1.807, 2.05) is 42.5 Å². The molecule has 5 nitrogen and oxygen atoms in total. The molecule has 0 spiro atoms. The maximum atomic E-state index is 11.2. The molecule has 1 aromatic heterocycles. The van der Waals surface area contributed by atoms with Crippen molar-refractivity contribution < 1.29 is 4.79 Å². The Morgan fingerprint density at radius 2 is 1.95 bits per heavy atom. The second-order valence-corrected chi connectivity index (χ2v) is 5.46. The van der Waals surface area contributed by atoms with Crippen LogP contribution in [0.5, 0.6) is 0 Å². The molecule has 0 aliphatic carbocycles. The topological polar surface area (TPSA) is 80.9 Å². The molecule has 1 amide bonds. The minimum absolute atomic E-state index is 0.427. The first-order valence-corrected chi connectivity index (χ1v) is 7.51. The summed E-state index contributed by atoms with van der Waals surface area (Å²) in [6.45, 7) is 0.560. The van der Waals surface area contributed by atoms with Crippen molar-refractivity contribution in [1.29, 1.82) is 0 Å². The fraction of sp³-hybridized carbons (Fsp3) is 0.0625. The zero-order valence-corrected chi connectivity index (χ0v) is 12.5. The van der Waals surface area contributed by atoms with Gasteiger partial charge in [-0.05, 0) is 17.7 Å². The van der Waals surface area contributed by atoms with E-state index in [1.54, 1.807) is 12.1 Å². The van der Waals surface area contributed by atoms with Gasteiger partial charge in [-0.2, -0.15) is 9.36 Å². The smallest absolute Gasteiger partial charge is 0.248 e. The van der Waals surface area contributed by atoms with Crippen LogP contribution < -0.4 is 11.1 Å². The van der Waals surface area contributed by atoms with Gasteiger partial charge in [-0.25, -0.2) is 0 Å². The quantitative estimate of drug-likeness (QED) is 0.759. The Kier molecular flexibility index (Phi) is 4.11. The number of aromatic nitrogens is 2. The number of nitrogens with one attached hydrogen (secondary N) is 1. The average molecular weight is 310 g/mol. The molecule has 3 N–H and O–H groups in total. The van der Waals surface area contributed by atoms with E-state index in [4.69, 9.17) is 5.73 Å².